The fourth-order valence-corrected chi connectivity index (χ4v) is 1.80. The molecule has 1 aromatic carbocycles. The second-order valence-corrected chi connectivity index (χ2v) is 3.87. The molecule has 0 aromatic heterocycles. The maximum Gasteiger partial charge on any atom is 0.229 e. The van der Waals surface area contributed by atoms with Crippen LogP contribution in [0.15, 0.2) is 12.1 Å². The van der Waals surface area contributed by atoms with E-state index in [1.807, 2.05) is 6.92 Å². The zero-order valence-corrected chi connectivity index (χ0v) is 11.2. The minimum absolute atomic E-state index is 0.0880. The Balaban J connectivity index is 3.16. The van der Waals surface area contributed by atoms with Crippen molar-refractivity contribution >= 4 is 11.6 Å². The molecule has 5 nitrogen and oxygen atoms in total. The van der Waals surface area contributed by atoms with Crippen molar-refractivity contribution in [2.45, 2.75) is 13.3 Å². The highest BCUT2D eigenvalue weighted by molar-refractivity contribution is 5.94. The van der Waals surface area contributed by atoms with Crippen LogP contribution in [0.2, 0.25) is 0 Å². The molecule has 0 bridgehead atoms. The number of carbonyl (C=O) groups excluding carboxylic acids is 1. The molecule has 0 aliphatic rings. The lowest BCUT2D eigenvalue weighted by Gasteiger charge is -2.22. The Hall–Kier alpha value is -1.75. The average Bonchev–Trinajstić information content (AvgIpc) is 2.37. The molecule has 1 rings (SSSR count). The third kappa shape index (κ3) is 2.73. The van der Waals surface area contributed by atoms with Gasteiger partial charge in [0.25, 0.3) is 0 Å². The van der Waals surface area contributed by atoms with Gasteiger partial charge in [0.1, 0.15) is 11.5 Å². The van der Waals surface area contributed by atoms with Crippen molar-refractivity contribution in [3.63, 3.8) is 0 Å². The normalized spacial score (nSPS) is 10.1. The second-order valence-electron chi connectivity index (χ2n) is 3.87. The van der Waals surface area contributed by atoms with E-state index in [1.54, 1.807) is 33.4 Å². The molecule has 0 fully saturated rings. The number of carbonyl (C=O) groups is 1. The van der Waals surface area contributed by atoms with Gasteiger partial charge >= 0.3 is 0 Å². The van der Waals surface area contributed by atoms with E-state index in [4.69, 9.17) is 14.6 Å². The molecular weight excluding hydrogens is 234 g/mol. The smallest absolute Gasteiger partial charge is 0.229 e. The van der Waals surface area contributed by atoms with Crippen molar-refractivity contribution in [3.05, 3.63) is 17.7 Å². The minimum atomic E-state index is -0.166. The van der Waals surface area contributed by atoms with Gasteiger partial charge in [-0.15, -0.1) is 0 Å². The molecule has 0 spiro atoms. The number of amides is 1. The predicted molar refractivity (Wildman–Crippen MR) is 69.4 cm³/mol. The Labute approximate surface area is 107 Å². The number of hydrogen-bond donors (Lipinski definition) is 1. The van der Waals surface area contributed by atoms with Crippen LogP contribution in [0.4, 0.5) is 5.69 Å². The van der Waals surface area contributed by atoms with E-state index < -0.39 is 0 Å². The molecule has 0 saturated carbocycles. The Kier molecular flexibility index (Phi) is 4.97. The zero-order valence-electron chi connectivity index (χ0n) is 11.2. The van der Waals surface area contributed by atoms with Crippen molar-refractivity contribution in [1.82, 2.24) is 0 Å². The van der Waals surface area contributed by atoms with Crippen LogP contribution in [0.5, 0.6) is 11.5 Å². The Morgan fingerprint density at radius 1 is 1.33 bits per heavy atom. The van der Waals surface area contributed by atoms with Crippen LogP contribution in [0.25, 0.3) is 0 Å². The lowest BCUT2D eigenvalue weighted by Crippen LogP contribution is -2.27. The van der Waals surface area contributed by atoms with E-state index >= 15 is 0 Å². The number of rotatable bonds is 5. The number of aliphatic hydroxyl groups is 1. The number of aliphatic hydroxyl groups excluding tert-OH is 1. The molecule has 0 unspecified atom stereocenters. The number of ether oxygens (including phenoxy) is 2. The number of benzene rings is 1. The SMILES string of the molecule is COc1ccc(N(C)C(=O)CCO)c(OC)c1C. The summed E-state index contributed by atoms with van der Waals surface area (Å²) in [4.78, 5) is 13.2. The van der Waals surface area contributed by atoms with Crippen LogP contribution in [-0.2, 0) is 4.79 Å². The number of nitrogens with zero attached hydrogens (tertiary/aromatic N) is 1. The third-order valence-corrected chi connectivity index (χ3v) is 2.82. The van der Waals surface area contributed by atoms with Gasteiger partial charge in [0.2, 0.25) is 5.91 Å². The van der Waals surface area contributed by atoms with E-state index in [0.717, 1.165) is 5.56 Å². The molecule has 5 heteroatoms. The summed E-state index contributed by atoms with van der Waals surface area (Å²) >= 11 is 0. The molecule has 18 heavy (non-hydrogen) atoms. The topological polar surface area (TPSA) is 59.0 Å². The molecule has 0 radical (unpaired) electrons. The van der Waals surface area contributed by atoms with Gasteiger partial charge in [-0.3, -0.25) is 4.79 Å². The van der Waals surface area contributed by atoms with Gasteiger partial charge in [-0.25, -0.2) is 0 Å². The van der Waals surface area contributed by atoms with Crippen LogP contribution in [0, 0.1) is 6.92 Å². The number of hydrogen-bond acceptors (Lipinski definition) is 4. The summed E-state index contributed by atoms with van der Waals surface area (Å²) in [5, 5.41) is 8.80. The Morgan fingerprint density at radius 3 is 2.50 bits per heavy atom. The van der Waals surface area contributed by atoms with Gasteiger partial charge in [0.15, 0.2) is 0 Å². The molecule has 0 atom stereocenters. The minimum Gasteiger partial charge on any atom is -0.496 e. The van der Waals surface area contributed by atoms with Crippen LogP contribution in [0.3, 0.4) is 0 Å². The number of methoxy groups -OCH3 is 2. The largest absolute Gasteiger partial charge is 0.496 e. The summed E-state index contributed by atoms with van der Waals surface area (Å²) in [6, 6.07) is 3.55. The molecule has 1 N–H and O–H groups in total. The summed E-state index contributed by atoms with van der Waals surface area (Å²) in [6.07, 6.45) is 0.0880. The van der Waals surface area contributed by atoms with Gasteiger partial charge in [-0.05, 0) is 19.1 Å². The van der Waals surface area contributed by atoms with Crippen LogP contribution in [0.1, 0.15) is 12.0 Å². The van der Waals surface area contributed by atoms with E-state index in [-0.39, 0.29) is 18.9 Å². The van der Waals surface area contributed by atoms with E-state index in [0.29, 0.717) is 17.2 Å². The summed E-state index contributed by atoms with van der Waals surface area (Å²) in [6.45, 7) is 1.70. The summed E-state index contributed by atoms with van der Waals surface area (Å²) in [5.41, 5.74) is 1.50. The van der Waals surface area contributed by atoms with Crippen LogP contribution < -0.4 is 14.4 Å². The monoisotopic (exact) mass is 253 g/mol. The van der Waals surface area contributed by atoms with Gasteiger partial charge in [-0.2, -0.15) is 0 Å². The van der Waals surface area contributed by atoms with Crippen molar-refractivity contribution in [2.75, 3.05) is 32.8 Å². The maximum atomic E-state index is 11.8. The molecule has 1 amide bonds. The van der Waals surface area contributed by atoms with Crippen molar-refractivity contribution in [3.8, 4) is 11.5 Å². The highest BCUT2D eigenvalue weighted by atomic mass is 16.5. The van der Waals surface area contributed by atoms with Crippen LogP contribution in [-0.4, -0.2) is 38.9 Å². The lowest BCUT2D eigenvalue weighted by molar-refractivity contribution is -0.118. The van der Waals surface area contributed by atoms with E-state index in [2.05, 4.69) is 0 Å². The summed E-state index contributed by atoms with van der Waals surface area (Å²) < 4.78 is 10.5. The molecule has 0 heterocycles. The van der Waals surface area contributed by atoms with Crippen LogP contribution >= 0.6 is 0 Å². The fraction of sp³-hybridized carbons (Fsp3) is 0.462. The molecule has 1 aromatic rings. The Bertz CT molecular complexity index is 431. The molecule has 100 valence electrons. The summed E-state index contributed by atoms with van der Waals surface area (Å²) in [7, 11) is 4.79. The van der Waals surface area contributed by atoms with E-state index in [1.165, 1.54) is 4.90 Å². The van der Waals surface area contributed by atoms with Gasteiger partial charge < -0.3 is 19.5 Å². The second kappa shape index (κ2) is 6.26. The summed E-state index contributed by atoms with van der Waals surface area (Å²) in [5.74, 6) is 1.14. The molecule has 0 saturated heterocycles. The first-order valence-electron chi connectivity index (χ1n) is 5.65. The first-order valence-corrected chi connectivity index (χ1v) is 5.65. The highest BCUT2D eigenvalue weighted by Crippen LogP contribution is 2.36. The highest BCUT2D eigenvalue weighted by Gasteiger charge is 2.18. The first kappa shape index (κ1) is 14.3. The van der Waals surface area contributed by atoms with E-state index in [9.17, 15) is 4.79 Å². The zero-order chi connectivity index (χ0) is 13.7. The molecule has 0 aliphatic carbocycles. The predicted octanol–water partition coefficient (Wildman–Crippen LogP) is 1.36. The first-order chi connectivity index (χ1) is 8.56. The lowest BCUT2D eigenvalue weighted by atomic mass is 10.1. The van der Waals surface area contributed by atoms with Gasteiger partial charge in [0, 0.05) is 12.6 Å². The van der Waals surface area contributed by atoms with Gasteiger partial charge in [-0.1, -0.05) is 0 Å². The maximum absolute atomic E-state index is 11.8. The number of anilines is 1. The van der Waals surface area contributed by atoms with Crippen molar-refractivity contribution in [1.29, 1.82) is 0 Å². The molecule has 0 aliphatic heterocycles. The van der Waals surface area contributed by atoms with Crippen molar-refractivity contribution < 1.29 is 19.4 Å². The quantitative estimate of drug-likeness (QED) is 0.860. The standard InChI is InChI=1S/C13H19NO4/c1-9-11(17-3)6-5-10(13(9)18-4)14(2)12(16)7-8-15/h5-6,15H,7-8H2,1-4H3. The van der Waals surface area contributed by atoms with Crippen molar-refractivity contribution in [2.24, 2.45) is 0 Å². The van der Waals surface area contributed by atoms with Gasteiger partial charge in [0.05, 0.1) is 32.9 Å². The third-order valence-electron chi connectivity index (χ3n) is 2.82. The fourth-order valence-electron chi connectivity index (χ4n) is 1.80. The average molecular weight is 253 g/mol. The Morgan fingerprint density at radius 2 is 2.00 bits per heavy atom. The molecular formula is C13H19NO4.